The van der Waals surface area contributed by atoms with Crippen molar-refractivity contribution in [2.45, 2.75) is 89.8 Å². The van der Waals surface area contributed by atoms with Crippen molar-refractivity contribution in [3.8, 4) is 0 Å². The Kier molecular flexibility index (Phi) is 11.9. The molecule has 5 aromatic carbocycles. The van der Waals surface area contributed by atoms with Crippen LogP contribution in [-0.2, 0) is 0 Å². The molecule has 0 bridgehead atoms. The summed E-state index contributed by atoms with van der Waals surface area (Å²) >= 11 is 4.07. The van der Waals surface area contributed by atoms with E-state index in [1.807, 2.05) is 0 Å². The summed E-state index contributed by atoms with van der Waals surface area (Å²) in [6.45, 7) is 19.5. The second-order valence-electron chi connectivity index (χ2n) is 14.5. The van der Waals surface area contributed by atoms with Gasteiger partial charge < -0.3 is 4.48 Å². The van der Waals surface area contributed by atoms with Crippen molar-refractivity contribution in [3.05, 3.63) is 172 Å². The number of benzene rings is 5. The van der Waals surface area contributed by atoms with Crippen molar-refractivity contribution in [1.82, 2.24) is 0 Å². The fourth-order valence-electron chi connectivity index (χ4n) is 8.60. The molecule has 0 aromatic heterocycles. The van der Waals surface area contributed by atoms with Crippen molar-refractivity contribution in [2.24, 2.45) is 0 Å². The SMILES string of the molecule is CC(C)c1cc(C(c2ccccc2)c2ccccc2)c(N([B]Br)[Si](C(C)C)(C(C)C)C(C)C)c(C(c2ccccc2)c2ccccc2)c1. The molecule has 0 unspecified atom stereocenters. The summed E-state index contributed by atoms with van der Waals surface area (Å²) in [7, 11) is -2.27. The Morgan fingerprint density at radius 2 is 0.750 bits per heavy atom. The number of halogens is 1. The van der Waals surface area contributed by atoms with E-state index in [4.69, 9.17) is 0 Å². The fraction of sp³-hybridized carbons (Fsp3) is 0.318. The van der Waals surface area contributed by atoms with E-state index in [1.54, 1.807) is 0 Å². The first kappa shape index (κ1) is 36.0. The monoisotopic (exact) mass is 712 g/mol. The molecule has 0 fully saturated rings. The second-order valence-corrected chi connectivity index (χ2v) is 20.7. The van der Waals surface area contributed by atoms with Crippen LogP contribution in [0.25, 0.3) is 0 Å². The van der Waals surface area contributed by atoms with Gasteiger partial charge in [0.05, 0.1) is 0 Å². The first-order chi connectivity index (χ1) is 23.1. The van der Waals surface area contributed by atoms with Gasteiger partial charge in [0.2, 0.25) is 0 Å². The van der Waals surface area contributed by atoms with Crippen molar-refractivity contribution in [2.75, 3.05) is 4.48 Å². The number of nitrogens with zero attached hydrogens (tertiary/aromatic N) is 1. The lowest BCUT2D eigenvalue weighted by atomic mass is 9.77. The first-order valence-electron chi connectivity index (χ1n) is 17.7. The van der Waals surface area contributed by atoms with Crippen LogP contribution in [0.1, 0.15) is 112 Å². The maximum atomic E-state index is 4.07. The van der Waals surface area contributed by atoms with Crippen molar-refractivity contribution < 1.29 is 0 Å². The minimum Gasteiger partial charge on any atom is -0.435 e. The summed E-state index contributed by atoms with van der Waals surface area (Å²) < 4.78 is 2.79. The molecule has 0 N–H and O–H groups in total. The van der Waals surface area contributed by atoms with Gasteiger partial charge in [0.25, 0.3) is 0 Å². The summed E-state index contributed by atoms with van der Waals surface area (Å²) in [6, 6.07) is 49.7. The van der Waals surface area contributed by atoms with Gasteiger partial charge in [-0.25, -0.2) is 0 Å². The third-order valence-corrected chi connectivity index (χ3v) is 18.1. The van der Waals surface area contributed by atoms with Crippen LogP contribution in [-0.4, -0.2) is 14.5 Å². The summed E-state index contributed by atoms with van der Waals surface area (Å²) in [5, 5.41) is 0. The highest BCUT2D eigenvalue weighted by Crippen LogP contribution is 2.52. The molecule has 1 nitrogen and oxygen atoms in total. The van der Waals surface area contributed by atoms with Crippen LogP contribution in [0.15, 0.2) is 133 Å². The van der Waals surface area contributed by atoms with Crippen LogP contribution in [0.5, 0.6) is 0 Å². The van der Waals surface area contributed by atoms with Crippen LogP contribution in [0.2, 0.25) is 16.6 Å². The highest BCUT2D eigenvalue weighted by molar-refractivity contribution is 9.23. The van der Waals surface area contributed by atoms with Gasteiger partial charge in [0.1, 0.15) is 0 Å². The molecule has 0 atom stereocenters. The van der Waals surface area contributed by atoms with E-state index in [9.17, 15) is 0 Å². The molecule has 0 spiro atoms. The molecule has 0 amide bonds. The zero-order chi connectivity index (χ0) is 34.4. The molecule has 0 saturated carbocycles. The lowest BCUT2D eigenvalue weighted by Crippen LogP contribution is -2.61. The van der Waals surface area contributed by atoms with Crippen molar-refractivity contribution in [1.29, 1.82) is 0 Å². The van der Waals surface area contributed by atoms with Gasteiger partial charge in [-0.2, -0.15) is 0 Å². The Morgan fingerprint density at radius 3 is 0.979 bits per heavy atom. The van der Waals surface area contributed by atoms with E-state index in [0.717, 1.165) is 0 Å². The van der Waals surface area contributed by atoms with E-state index in [2.05, 4.69) is 215 Å². The minimum atomic E-state index is -2.27. The molecule has 0 heterocycles. The van der Waals surface area contributed by atoms with E-state index in [1.165, 1.54) is 44.6 Å². The molecule has 0 saturated heterocycles. The van der Waals surface area contributed by atoms with Crippen molar-refractivity contribution in [3.63, 3.8) is 0 Å². The number of hydrogen-bond acceptors (Lipinski definition) is 1. The van der Waals surface area contributed by atoms with Crippen LogP contribution >= 0.6 is 15.8 Å². The van der Waals surface area contributed by atoms with E-state index in [-0.39, 0.29) is 11.8 Å². The van der Waals surface area contributed by atoms with Gasteiger partial charge in [0.15, 0.2) is 8.24 Å². The molecule has 5 rings (SSSR count). The molecule has 0 aliphatic carbocycles. The van der Waals surface area contributed by atoms with Gasteiger partial charge >= 0.3 is 6.24 Å². The summed E-state index contributed by atoms with van der Waals surface area (Å²) in [5.74, 6) is 0.472. The molecule has 1 radical (unpaired) electrons. The predicted octanol–water partition coefficient (Wildman–Crippen LogP) is 13.1. The number of anilines is 1. The Morgan fingerprint density at radius 1 is 0.458 bits per heavy atom. The van der Waals surface area contributed by atoms with Gasteiger partial charge in [0, 0.05) is 17.5 Å². The lowest BCUT2D eigenvalue weighted by molar-refractivity contribution is 0.802. The molecule has 0 aliphatic rings. The third kappa shape index (κ3) is 7.03. The highest BCUT2D eigenvalue weighted by atomic mass is 79.9. The molecule has 247 valence electrons. The quantitative estimate of drug-likeness (QED) is 0.0867. The molecule has 48 heavy (non-hydrogen) atoms. The van der Waals surface area contributed by atoms with E-state index < -0.39 is 8.24 Å². The zero-order valence-electron chi connectivity index (χ0n) is 30.1. The first-order valence-corrected chi connectivity index (χ1v) is 20.8. The van der Waals surface area contributed by atoms with Crippen LogP contribution in [0, 0.1) is 0 Å². The maximum absolute atomic E-state index is 4.07. The van der Waals surface area contributed by atoms with Gasteiger partial charge in [-0.15, -0.1) is 15.8 Å². The number of hydrogen-bond donors (Lipinski definition) is 0. The summed E-state index contributed by atoms with van der Waals surface area (Å²) in [5.41, 5.74) is 12.3. The average molecular weight is 714 g/mol. The van der Waals surface area contributed by atoms with Crippen LogP contribution < -0.4 is 4.48 Å². The normalized spacial score (nSPS) is 12.1. The van der Waals surface area contributed by atoms with Gasteiger partial charge in [-0.3, -0.25) is 0 Å². The van der Waals surface area contributed by atoms with E-state index in [0.29, 0.717) is 22.5 Å². The van der Waals surface area contributed by atoms with Crippen LogP contribution in [0.4, 0.5) is 5.69 Å². The average Bonchev–Trinajstić information content (AvgIpc) is 3.09. The maximum Gasteiger partial charge on any atom is 0.328 e. The predicted molar refractivity (Wildman–Crippen MR) is 216 cm³/mol. The molecule has 5 aromatic rings. The smallest absolute Gasteiger partial charge is 0.328 e. The Bertz CT molecular complexity index is 1520. The molecular weight excluding hydrogens is 661 g/mol. The van der Waals surface area contributed by atoms with Gasteiger partial charge in [-0.1, -0.05) is 189 Å². The lowest BCUT2D eigenvalue weighted by Gasteiger charge is -2.53. The second kappa shape index (κ2) is 15.9. The van der Waals surface area contributed by atoms with Crippen molar-refractivity contribution >= 4 is 35.9 Å². The minimum absolute atomic E-state index is 0.0557. The fourth-order valence-corrected chi connectivity index (χ4v) is 16.4. The van der Waals surface area contributed by atoms with Gasteiger partial charge in [-0.05, 0) is 61.5 Å². The van der Waals surface area contributed by atoms with Crippen LogP contribution in [0.3, 0.4) is 0 Å². The molecule has 4 heteroatoms. The van der Waals surface area contributed by atoms with E-state index >= 15 is 0 Å². The Hall–Kier alpha value is -3.34. The third-order valence-electron chi connectivity index (χ3n) is 10.5. The summed E-state index contributed by atoms with van der Waals surface area (Å²) in [6.07, 6.45) is 2.27. The molecular formula is C44H52BBrNSi. The zero-order valence-corrected chi connectivity index (χ0v) is 32.7. The molecule has 0 aliphatic heterocycles. The number of rotatable bonds is 13. The topological polar surface area (TPSA) is 3.24 Å². The Balaban J connectivity index is 2.02. The summed E-state index contributed by atoms with van der Waals surface area (Å²) in [4.78, 5) is 0. The standard InChI is InChI=1S/C44H52BBrNSi/c1-31(2)39-29-40(42(35-21-13-9-14-22-35)36-23-15-10-16-24-36)44(47(45-46)48(32(3)4,33(5)6)34(7)8)41(30-39)43(37-25-17-11-18-26-37)38-27-19-12-20-28-38/h9-34,42-43H,1-8H3. The highest BCUT2D eigenvalue weighted by Gasteiger charge is 2.49. The Labute approximate surface area is 301 Å². The largest absolute Gasteiger partial charge is 0.435 e.